The van der Waals surface area contributed by atoms with Crippen LogP contribution in [0.15, 0.2) is 41.3 Å². The number of nitrogens with zero attached hydrogens (tertiary/aromatic N) is 1. The van der Waals surface area contributed by atoms with Crippen LogP contribution in [0.4, 0.5) is 22.0 Å². The Kier molecular flexibility index (Phi) is 6.01. The minimum absolute atomic E-state index is 0.0266. The van der Waals surface area contributed by atoms with Crippen LogP contribution in [0.5, 0.6) is 5.75 Å². The largest absolute Gasteiger partial charge is 0.573 e. The number of halogens is 5. The summed E-state index contributed by atoms with van der Waals surface area (Å²) in [4.78, 5) is 27.4. The number of primary amides is 1. The van der Waals surface area contributed by atoms with E-state index in [2.05, 4.69) is 4.74 Å². The first-order chi connectivity index (χ1) is 17.6. The van der Waals surface area contributed by atoms with E-state index in [9.17, 15) is 35.6 Å². The second-order valence-corrected chi connectivity index (χ2v) is 12.2. The molecule has 1 aliphatic heterocycles. The molecule has 2 N–H and O–H groups in total. The number of amides is 2. The molecule has 2 aliphatic carbocycles. The van der Waals surface area contributed by atoms with Crippen LogP contribution in [0.3, 0.4) is 0 Å². The first kappa shape index (κ1) is 26.4. The van der Waals surface area contributed by atoms with Crippen LogP contribution in [-0.2, 0) is 14.6 Å². The second kappa shape index (κ2) is 8.65. The number of piperidine rings is 1. The molecule has 0 radical (unpaired) electrons. The number of sulfone groups is 1. The molecule has 204 valence electrons. The summed E-state index contributed by atoms with van der Waals surface area (Å²) in [5.41, 5.74) is 4.24. The first-order valence-electron chi connectivity index (χ1n) is 11.8. The zero-order valence-electron chi connectivity index (χ0n) is 20.0. The van der Waals surface area contributed by atoms with Gasteiger partial charge in [0, 0.05) is 23.8 Å². The molecule has 2 saturated carbocycles. The maximum Gasteiger partial charge on any atom is 0.573 e. The van der Waals surface area contributed by atoms with Gasteiger partial charge in [-0.25, -0.2) is 17.2 Å². The minimum Gasteiger partial charge on any atom is -0.403 e. The molecule has 3 aliphatic rings. The SMILES string of the molecule is CS(=O)(=O)c1cccc(C(=O)N2C(C(N)=O)CC3CC32[C@@H](c2cc(F)c(OC(F)(F)F)cc2F)C2CC2)c1. The normalized spacial score (nSPS) is 25.6. The third-order valence-corrected chi connectivity index (χ3v) is 8.80. The predicted molar refractivity (Wildman–Crippen MR) is 123 cm³/mol. The highest BCUT2D eigenvalue weighted by molar-refractivity contribution is 7.90. The Hall–Kier alpha value is -3.22. The van der Waals surface area contributed by atoms with Crippen LogP contribution in [-0.4, -0.2) is 49.3 Å². The number of ether oxygens (including phenoxy) is 1. The molecule has 38 heavy (non-hydrogen) atoms. The summed E-state index contributed by atoms with van der Waals surface area (Å²) in [6, 6.07) is 5.17. The Morgan fingerprint density at radius 1 is 1.13 bits per heavy atom. The van der Waals surface area contributed by atoms with Gasteiger partial charge in [0.1, 0.15) is 11.9 Å². The van der Waals surface area contributed by atoms with Crippen LogP contribution >= 0.6 is 0 Å². The van der Waals surface area contributed by atoms with Crippen molar-refractivity contribution in [3.05, 3.63) is 59.2 Å². The molecule has 13 heteroatoms. The molecule has 2 aromatic carbocycles. The van der Waals surface area contributed by atoms with Gasteiger partial charge in [-0.2, -0.15) is 0 Å². The lowest BCUT2D eigenvalue weighted by atomic mass is 9.82. The number of nitrogens with two attached hydrogens (primary N) is 1. The molecule has 2 amide bonds. The fraction of sp³-hybridized carbons (Fsp3) is 0.440. The first-order valence-corrected chi connectivity index (χ1v) is 13.7. The molecule has 7 nitrogen and oxygen atoms in total. The van der Waals surface area contributed by atoms with E-state index in [1.807, 2.05) is 0 Å². The van der Waals surface area contributed by atoms with E-state index in [0.717, 1.165) is 6.26 Å². The topological polar surface area (TPSA) is 107 Å². The van der Waals surface area contributed by atoms with Gasteiger partial charge in [-0.05, 0) is 67.3 Å². The predicted octanol–water partition coefficient (Wildman–Crippen LogP) is 3.92. The number of alkyl halides is 3. The van der Waals surface area contributed by atoms with Crippen molar-refractivity contribution >= 4 is 21.7 Å². The molecule has 3 fully saturated rings. The van der Waals surface area contributed by atoms with Crippen molar-refractivity contribution in [2.24, 2.45) is 17.6 Å². The number of rotatable bonds is 7. The van der Waals surface area contributed by atoms with E-state index in [1.54, 1.807) is 0 Å². The van der Waals surface area contributed by atoms with Crippen LogP contribution in [0.1, 0.15) is 47.5 Å². The highest BCUT2D eigenvalue weighted by atomic mass is 32.2. The van der Waals surface area contributed by atoms with Crippen molar-refractivity contribution in [3.63, 3.8) is 0 Å². The Labute approximate surface area is 214 Å². The molecule has 2 aromatic rings. The molecule has 0 spiro atoms. The van der Waals surface area contributed by atoms with Gasteiger partial charge in [-0.3, -0.25) is 9.59 Å². The van der Waals surface area contributed by atoms with Crippen molar-refractivity contribution in [2.75, 3.05) is 6.26 Å². The van der Waals surface area contributed by atoms with Gasteiger partial charge in [0.05, 0.1) is 10.4 Å². The lowest BCUT2D eigenvalue weighted by Crippen LogP contribution is -2.53. The van der Waals surface area contributed by atoms with Crippen LogP contribution in [0, 0.1) is 23.5 Å². The van der Waals surface area contributed by atoms with E-state index in [0.29, 0.717) is 31.4 Å². The van der Waals surface area contributed by atoms with Gasteiger partial charge >= 0.3 is 6.36 Å². The summed E-state index contributed by atoms with van der Waals surface area (Å²) < 4.78 is 95.7. The zero-order chi connectivity index (χ0) is 27.8. The van der Waals surface area contributed by atoms with E-state index in [1.165, 1.54) is 29.2 Å². The van der Waals surface area contributed by atoms with E-state index in [4.69, 9.17) is 5.73 Å². The number of carbonyl (C=O) groups excluding carboxylic acids is 2. The summed E-state index contributed by atoms with van der Waals surface area (Å²) >= 11 is 0. The average Bonchev–Trinajstić information content (AvgIpc) is 3.73. The second-order valence-electron chi connectivity index (χ2n) is 10.2. The molecule has 3 unspecified atom stereocenters. The molecule has 4 atom stereocenters. The maximum absolute atomic E-state index is 15.3. The summed E-state index contributed by atoms with van der Waals surface area (Å²) in [5.74, 6) is -6.69. The Bertz CT molecular complexity index is 1440. The lowest BCUT2D eigenvalue weighted by molar-refractivity contribution is -0.275. The number of likely N-dealkylation sites (tertiary alicyclic amines) is 1. The molecule has 1 heterocycles. The van der Waals surface area contributed by atoms with Gasteiger partial charge in [0.2, 0.25) is 5.91 Å². The lowest BCUT2D eigenvalue weighted by Gasteiger charge is -2.39. The van der Waals surface area contributed by atoms with Crippen molar-refractivity contribution in [1.29, 1.82) is 0 Å². The summed E-state index contributed by atoms with van der Waals surface area (Å²) in [7, 11) is -3.67. The monoisotopic (exact) mass is 558 g/mol. The van der Waals surface area contributed by atoms with E-state index < -0.39 is 62.9 Å². The van der Waals surface area contributed by atoms with Gasteiger partial charge < -0.3 is 15.4 Å². The fourth-order valence-electron chi connectivity index (χ4n) is 6.03. The minimum atomic E-state index is -5.23. The Morgan fingerprint density at radius 2 is 1.82 bits per heavy atom. The Morgan fingerprint density at radius 3 is 2.39 bits per heavy atom. The highest BCUT2D eigenvalue weighted by Gasteiger charge is 2.73. The number of benzene rings is 2. The number of hydrogen-bond acceptors (Lipinski definition) is 5. The number of hydrogen-bond donors (Lipinski definition) is 1. The van der Waals surface area contributed by atoms with Crippen molar-refractivity contribution in [1.82, 2.24) is 4.90 Å². The highest BCUT2D eigenvalue weighted by Crippen LogP contribution is 2.69. The van der Waals surface area contributed by atoms with Crippen LogP contribution in [0.2, 0.25) is 0 Å². The third-order valence-electron chi connectivity index (χ3n) is 7.69. The fourth-order valence-corrected chi connectivity index (χ4v) is 6.70. The standard InChI is InChI=1S/C25H23F5N2O5S/c1-38(35,36)15-4-2-3-13(7-15)23(34)32-19(22(31)33)8-14-11-24(14,32)21(12-5-6-12)16-9-18(27)20(10-17(16)26)37-25(28,29)30/h2-4,7,9-10,12,14,19,21H,5-6,8,11H2,1H3,(H2,31,33)/t14?,19?,21-,24?/m1/s1. The molecule has 5 rings (SSSR count). The van der Waals surface area contributed by atoms with Crippen molar-refractivity contribution < 1.29 is 44.7 Å². The molecular weight excluding hydrogens is 535 g/mol. The summed E-state index contributed by atoms with van der Waals surface area (Å²) in [6.45, 7) is 0. The summed E-state index contributed by atoms with van der Waals surface area (Å²) in [6.07, 6.45) is -2.52. The quantitative estimate of drug-likeness (QED) is 0.519. The number of carbonyl (C=O) groups is 2. The van der Waals surface area contributed by atoms with Crippen molar-refractivity contribution in [3.8, 4) is 5.75 Å². The molecule has 0 bridgehead atoms. The van der Waals surface area contributed by atoms with E-state index in [-0.39, 0.29) is 34.3 Å². The van der Waals surface area contributed by atoms with Gasteiger partial charge in [-0.1, -0.05) is 6.07 Å². The van der Waals surface area contributed by atoms with Gasteiger partial charge in [-0.15, -0.1) is 13.2 Å². The molecule has 1 saturated heterocycles. The third kappa shape index (κ3) is 4.50. The zero-order valence-corrected chi connectivity index (χ0v) is 20.8. The van der Waals surface area contributed by atoms with E-state index >= 15 is 4.39 Å². The maximum atomic E-state index is 15.3. The smallest absolute Gasteiger partial charge is 0.403 e. The van der Waals surface area contributed by atoms with Crippen LogP contribution in [0.25, 0.3) is 0 Å². The number of fused-ring (bicyclic) bond motifs is 1. The molecular formula is C25H23F5N2O5S. The van der Waals surface area contributed by atoms with Crippen molar-refractivity contribution in [2.45, 2.75) is 54.4 Å². The Balaban J connectivity index is 1.59. The summed E-state index contributed by atoms with van der Waals surface area (Å²) in [5, 5.41) is 0. The van der Waals surface area contributed by atoms with Gasteiger partial charge in [0.25, 0.3) is 5.91 Å². The molecule has 0 aromatic heterocycles. The van der Waals surface area contributed by atoms with Gasteiger partial charge in [0.15, 0.2) is 21.4 Å². The van der Waals surface area contributed by atoms with Crippen LogP contribution < -0.4 is 10.5 Å². The average molecular weight is 559 g/mol.